The smallest absolute Gasteiger partial charge is 0.244 e. The zero-order valence-corrected chi connectivity index (χ0v) is 11.4. The van der Waals surface area contributed by atoms with Crippen LogP contribution in [0.25, 0.3) is 0 Å². The Morgan fingerprint density at radius 2 is 2.28 bits per heavy atom. The van der Waals surface area contributed by atoms with Gasteiger partial charge in [0.05, 0.1) is 0 Å². The first-order chi connectivity index (χ1) is 8.53. The van der Waals surface area contributed by atoms with Crippen molar-refractivity contribution >= 4 is 15.8 Å². The molecule has 0 bridgehead atoms. The fourth-order valence-electron chi connectivity index (χ4n) is 2.11. The van der Waals surface area contributed by atoms with Crippen LogP contribution < -0.4 is 10.0 Å². The molecule has 1 aliphatic rings. The van der Waals surface area contributed by atoms with Crippen LogP contribution in [0.15, 0.2) is 23.2 Å². The highest BCUT2D eigenvalue weighted by Crippen LogP contribution is 2.19. The Kier molecular flexibility index (Phi) is 3.84. The van der Waals surface area contributed by atoms with Crippen molar-refractivity contribution in [2.75, 3.05) is 32.5 Å². The Balaban J connectivity index is 2.20. The van der Waals surface area contributed by atoms with Crippen molar-refractivity contribution in [2.24, 2.45) is 0 Å². The molecule has 1 unspecified atom stereocenters. The SMILES string of the molecule is CNc1ncccc1S(=O)(=O)NC1CCN(C)C1. The first-order valence-electron chi connectivity index (χ1n) is 5.86. The van der Waals surface area contributed by atoms with E-state index in [2.05, 4.69) is 19.9 Å². The first-order valence-corrected chi connectivity index (χ1v) is 7.35. The molecule has 7 heteroatoms. The number of likely N-dealkylation sites (N-methyl/N-ethyl adjacent to an activating group) is 1. The van der Waals surface area contributed by atoms with E-state index in [0.717, 1.165) is 19.5 Å². The molecule has 0 radical (unpaired) electrons. The van der Waals surface area contributed by atoms with Crippen LogP contribution >= 0.6 is 0 Å². The van der Waals surface area contributed by atoms with E-state index in [-0.39, 0.29) is 10.9 Å². The highest BCUT2D eigenvalue weighted by molar-refractivity contribution is 7.89. The Labute approximate surface area is 107 Å². The summed E-state index contributed by atoms with van der Waals surface area (Å²) < 4.78 is 27.3. The summed E-state index contributed by atoms with van der Waals surface area (Å²) in [7, 11) is 0.129. The van der Waals surface area contributed by atoms with Crippen LogP contribution in [0.2, 0.25) is 0 Å². The van der Waals surface area contributed by atoms with Crippen molar-refractivity contribution in [3.05, 3.63) is 18.3 Å². The van der Waals surface area contributed by atoms with Crippen LogP contribution in [0.1, 0.15) is 6.42 Å². The van der Waals surface area contributed by atoms with Gasteiger partial charge in [-0.25, -0.2) is 18.1 Å². The second-order valence-electron chi connectivity index (χ2n) is 4.47. The Bertz CT molecular complexity index is 518. The molecule has 1 aromatic heterocycles. The Hall–Kier alpha value is -1.18. The summed E-state index contributed by atoms with van der Waals surface area (Å²) in [6.07, 6.45) is 2.40. The van der Waals surface area contributed by atoms with Crippen molar-refractivity contribution in [1.29, 1.82) is 0 Å². The number of anilines is 1. The maximum Gasteiger partial charge on any atom is 0.244 e. The van der Waals surface area contributed by atoms with Crippen LogP contribution in [0.3, 0.4) is 0 Å². The van der Waals surface area contributed by atoms with E-state index >= 15 is 0 Å². The van der Waals surface area contributed by atoms with Gasteiger partial charge in [0, 0.05) is 25.8 Å². The van der Waals surface area contributed by atoms with Gasteiger partial charge in [-0.3, -0.25) is 0 Å². The van der Waals surface area contributed by atoms with Crippen LogP contribution in [0.5, 0.6) is 0 Å². The van der Waals surface area contributed by atoms with Gasteiger partial charge in [0.15, 0.2) is 0 Å². The Morgan fingerprint density at radius 1 is 1.50 bits per heavy atom. The summed E-state index contributed by atoms with van der Waals surface area (Å²) in [6.45, 7) is 1.66. The van der Waals surface area contributed by atoms with Crippen molar-refractivity contribution in [2.45, 2.75) is 17.4 Å². The van der Waals surface area contributed by atoms with Crippen molar-refractivity contribution in [3.8, 4) is 0 Å². The predicted molar refractivity (Wildman–Crippen MR) is 70.0 cm³/mol. The van der Waals surface area contributed by atoms with E-state index in [1.54, 1.807) is 25.4 Å². The fraction of sp³-hybridized carbons (Fsp3) is 0.545. The number of nitrogens with zero attached hydrogens (tertiary/aromatic N) is 2. The molecule has 0 saturated carbocycles. The molecule has 18 heavy (non-hydrogen) atoms. The third-order valence-corrected chi connectivity index (χ3v) is 4.56. The summed E-state index contributed by atoms with van der Waals surface area (Å²) in [6, 6.07) is 3.15. The van der Waals surface area contributed by atoms with Gasteiger partial charge in [-0.1, -0.05) is 0 Å². The molecule has 100 valence electrons. The number of hydrogen-bond acceptors (Lipinski definition) is 5. The summed E-state index contributed by atoms with van der Waals surface area (Å²) >= 11 is 0. The number of pyridine rings is 1. The van der Waals surface area contributed by atoms with Gasteiger partial charge in [0.25, 0.3) is 0 Å². The molecule has 2 N–H and O–H groups in total. The minimum absolute atomic E-state index is 0.0232. The molecule has 1 aliphatic heterocycles. The van der Waals surface area contributed by atoms with Gasteiger partial charge in [-0.15, -0.1) is 0 Å². The lowest BCUT2D eigenvalue weighted by Gasteiger charge is -2.14. The average molecular weight is 270 g/mol. The number of likely N-dealkylation sites (tertiary alicyclic amines) is 1. The maximum absolute atomic E-state index is 12.3. The maximum atomic E-state index is 12.3. The largest absolute Gasteiger partial charge is 0.372 e. The number of aromatic nitrogens is 1. The molecule has 2 rings (SSSR count). The van der Waals surface area contributed by atoms with Crippen molar-refractivity contribution in [1.82, 2.24) is 14.6 Å². The lowest BCUT2D eigenvalue weighted by molar-refractivity contribution is 0.407. The summed E-state index contributed by atoms with van der Waals surface area (Å²) in [4.78, 5) is 6.32. The molecule has 6 nitrogen and oxygen atoms in total. The monoisotopic (exact) mass is 270 g/mol. The molecule has 1 saturated heterocycles. The number of rotatable bonds is 4. The molecular weight excluding hydrogens is 252 g/mol. The van der Waals surface area contributed by atoms with E-state index < -0.39 is 10.0 Å². The lowest BCUT2D eigenvalue weighted by atomic mass is 10.3. The van der Waals surface area contributed by atoms with Crippen LogP contribution in [0, 0.1) is 0 Å². The van der Waals surface area contributed by atoms with Gasteiger partial charge in [-0.05, 0) is 32.1 Å². The topological polar surface area (TPSA) is 74.3 Å². The lowest BCUT2D eigenvalue weighted by Crippen LogP contribution is -2.36. The summed E-state index contributed by atoms with van der Waals surface area (Å²) in [5.74, 6) is 0.372. The zero-order valence-electron chi connectivity index (χ0n) is 10.5. The van der Waals surface area contributed by atoms with Crippen molar-refractivity contribution < 1.29 is 8.42 Å². The van der Waals surface area contributed by atoms with Crippen LogP contribution in [-0.2, 0) is 10.0 Å². The Morgan fingerprint density at radius 3 is 2.89 bits per heavy atom. The molecule has 2 heterocycles. The molecule has 0 amide bonds. The van der Waals surface area contributed by atoms with E-state index in [9.17, 15) is 8.42 Å². The van der Waals surface area contributed by atoms with E-state index in [1.807, 2.05) is 7.05 Å². The highest BCUT2D eigenvalue weighted by atomic mass is 32.2. The zero-order chi connectivity index (χ0) is 13.2. The molecule has 1 atom stereocenters. The molecule has 0 aromatic carbocycles. The summed E-state index contributed by atoms with van der Waals surface area (Å²) in [5.41, 5.74) is 0. The molecule has 1 fully saturated rings. The van der Waals surface area contributed by atoms with E-state index in [4.69, 9.17) is 0 Å². The number of nitrogens with one attached hydrogen (secondary N) is 2. The van der Waals surface area contributed by atoms with E-state index in [1.165, 1.54) is 0 Å². The quantitative estimate of drug-likeness (QED) is 0.812. The van der Waals surface area contributed by atoms with Gasteiger partial charge in [0.2, 0.25) is 10.0 Å². The highest BCUT2D eigenvalue weighted by Gasteiger charge is 2.27. The first kappa shape index (κ1) is 13.3. The minimum atomic E-state index is -3.51. The number of sulfonamides is 1. The second-order valence-corrected chi connectivity index (χ2v) is 6.15. The van der Waals surface area contributed by atoms with Crippen LogP contribution in [0.4, 0.5) is 5.82 Å². The molecule has 0 aliphatic carbocycles. The predicted octanol–water partition coefficient (Wildman–Crippen LogP) is 0.106. The fourth-order valence-corrected chi connectivity index (χ4v) is 3.53. The molecule has 1 aromatic rings. The standard InChI is InChI=1S/C11H18N4O2S/c1-12-11-10(4-3-6-13-11)18(16,17)14-9-5-7-15(2)8-9/h3-4,6,9,14H,5,7-8H2,1-2H3,(H,12,13). The number of hydrogen-bond donors (Lipinski definition) is 2. The van der Waals surface area contributed by atoms with Crippen molar-refractivity contribution in [3.63, 3.8) is 0 Å². The second kappa shape index (κ2) is 5.21. The third-order valence-electron chi connectivity index (χ3n) is 3.01. The van der Waals surface area contributed by atoms with Gasteiger partial charge >= 0.3 is 0 Å². The third kappa shape index (κ3) is 2.80. The van der Waals surface area contributed by atoms with E-state index in [0.29, 0.717) is 5.82 Å². The minimum Gasteiger partial charge on any atom is -0.372 e. The normalized spacial score (nSPS) is 21.1. The van der Waals surface area contributed by atoms with Gasteiger partial charge in [-0.2, -0.15) is 0 Å². The van der Waals surface area contributed by atoms with Crippen LogP contribution in [-0.4, -0.2) is 51.5 Å². The molecule has 0 spiro atoms. The van der Waals surface area contributed by atoms with Gasteiger partial charge in [0.1, 0.15) is 10.7 Å². The average Bonchev–Trinajstić information content (AvgIpc) is 2.74. The molecular formula is C11H18N4O2S. The summed E-state index contributed by atoms with van der Waals surface area (Å²) in [5, 5.41) is 2.79. The van der Waals surface area contributed by atoms with Gasteiger partial charge < -0.3 is 10.2 Å².